The fourth-order valence-corrected chi connectivity index (χ4v) is 8.58. The summed E-state index contributed by atoms with van der Waals surface area (Å²) in [6.45, 7) is 0. The van der Waals surface area contributed by atoms with Crippen LogP contribution in [0.5, 0.6) is 0 Å². The maximum Gasteiger partial charge on any atom is 0.123 e. The molecule has 2 heterocycles. The highest BCUT2D eigenvalue weighted by Gasteiger charge is 2.47. The van der Waals surface area contributed by atoms with Gasteiger partial charge in [0, 0.05) is 22.6 Å². The molecule has 0 radical (unpaired) electrons. The molecule has 0 saturated carbocycles. The Kier molecular flexibility index (Phi) is 5.29. The third-order valence-electron chi connectivity index (χ3n) is 4.43. The molecule has 0 unspecified atom stereocenters. The standard InChI is InChI=1S/C19H16F2N2S3/c20-15-5-1-13(2-6-15)19(17-22-9-10-23-17,18-25-11-24-12-26-18)14-3-7-16(21)8-4-14/h1-10,18H,11-12H2,(H,22,23). The second-order valence-electron chi connectivity index (χ2n) is 5.86. The summed E-state index contributed by atoms with van der Waals surface area (Å²) in [4.78, 5) is 7.85. The van der Waals surface area contributed by atoms with Crippen LogP contribution in [0.1, 0.15) is 17.0 Å². The van der Waals surface area contributed by atoms with Gasteiger partial charge in [0.05, 0.1) is 10.00 Å². The van der Waals surface area contributed by atoms with Gasteiger partial charge in [-0.05, 0) is 35.4 Å². The van der Waals surface area contributed by atoms with Crippen molar-refractivity contribution >= 4 is 35.3 Å². The van der Waals surface area contributed by atoms with Crippen molar-refractivity contribution in [3.8, 4) is 0 Å². The second kappa shape index (κ2) is 7.66. The fraction of sp³-hybridized carbons (Fsp3) is 0.211. The van der Waals surface area contributed by atoms with Crippen LogP contribution in [-0.2, 0) is 5.41 Å². The minimum atomic E-state index is -0.624. The Labute approximate surface area is 163 Å². The number of halogens is 2. The van der Waals surface area contributed by atoms with Gasteiger partial charge in [0.25, 0.3) is 0 Å². The first-order valence-electron chi connectivity index (χ1n) is 8.04. The van der Waals surface area contributed by atoms with E-state index in [1.807, 2.05) is 59.6 Å². The number of nitrogens with one attached hydrogen (secondary N) is 1. The van der Waals surface area contributed by atoms with Gasteiger partial charge in [0.15, 0.2) is 0 Å². The lowest BCUT2D eigenvalue weighted by molar-refractivity contribution is 0.605. The highest BCUT2D eigenvalue weighted by molar-refractivity contribution is 8.32. The smallest absolute Gasteiger partial charge is 0.123 e. The van der Waals surface area contributed by atoms with E-state index in [0.717, 1.165) is 27.1 Å². The molecule has 2 nitrogen and oxygen atoms in total. The van der Waals surface area contributed by atoms with E-state index in [-0.39, 0.29) is 16.2 Å². The Bertz CT molecular complexity index is 800. The molecule has 1 aliphatic heterocycles. The molecule has 0 aliphatic carbocycles. The Hall–Kier alpha value is -1.44. The average Bonchev–Trinajstić information content (AvgIpc) is 3.21. The molecule has 0 spiro atoms. The SMILES string of the molecule is Fc1ccc(C(c2ccc(F)cc2)(c2ncc[nH]2)C2SCSCS2)cc1. The van der Waals surface area contributed by atoms with Gasteiger partial charge in [-0.2, -0.15) is 0 Å². The maximum absolute atomic E-state index is 13.6. The molecule has 1 fully saturated rings. The summed E-state index contributed by atoms with van der Waals surface area (Å²) >= 11 is 5.57. The van der Waals surface area contributed by atoms with Crippen LogP contribution in [-0.4, -0.2) is 24.7 Å². The molecule has 0 atom stereocenters. The van der Waals surface area contributed by atoms with E-state index in [2.05, 4.69) is 9.97 Å². The first kappa shape index (κ1) is 17.9. The minimum Gasteiger partial charge on any atom is -0.347 e. The molecule has 134 valence electrons. The summed E-state index contributed by atoms with van der Waals surface area (Å²) < 4.78 is 27.4. The number of nitrogens with zero attached hydrogens (tertiary/aromatic N) is 1. The van der Waals surface area contributed by atoms with Crippen molar-refractivity contribution in [1.82, 2.24) is 9.97 Å². The van der Waals surface area contributed by atoms with Gasteiger partial charge in [0.1, 0.15) is 17.5 Å². The van der Waals surface area contributed by atoms with E-state index in [9.17, 15) is 8.78 Å². The normalized spacial score (nSPS) is 15.9. The zero-order chi connectivity index (χ0) is 18.0. The van der Waals surface area contributed by atoms with E-state index >= 15 is 0 Å². The Balaban J connectivity index is 1.98. The second-order valence-corrected chi connectivity index (χ2v) is 10.1. The van der Waals surface area contributed by atoms with Crippen LogP contribution in [0.25, 0.3) is 0 Å². The van der Waals surface area contributed by atoms with Gasteiger partial charge >= 0.3 is 0 Å². The summed E-state index contributed by atoms with van der Waals surface area (Å²) in [5.41, 5.74) is 1.26. The van der Waals surface area contributed by atoms with Crippen LogP contribution in [0.2, 0.25) is 0 Å². The molecular weight excluding hydrogens is 390 g/mol. The summed E-state index contributed by atoms with van der Waals surface area (Å²) in [6.07, 6.45) is 3.52. The maximum atomic E-state index is 13.6. The topological polar surface area (TPSA) is 28.7 Å². The van der Waals surface area contributed by atoms with Crippen molar-refractivity contribution < 1.29 is 8.78 Å². The molecule has 0 bridgehead atoms. The number of H-pyrrole nitrogens is 1. The highest BCUT2D eigenvalue weighted by atomic mass is 32.3. The quantitative estimate of drug-likeness (QED) is 0.621. The number of benzene rings is 2. The van der Waals surface area contributed by atoms with E-state index in [1.54, 1.807) is 12.4 Å². The number of aromatic nitrogens is 2. The lowest BCUT2D eigenvalue weighted by Gasteiger charge is -2.41. The van der Waals surface area contributed by atoms with E-state index < -0.39 is 5.41 Å². The molecule has 1 aliphatic rings. The summed E-state index contributed by atoms with van der Waals surface area (Å²) in [5.74, 6) is 0.231. The van der Waals surface area contributed by atoms with Gasteiger partial charge < -0.3 is 4.98 Å². The lowest BCUT2D eigenvalue weighted by atomic mass is 9.75. The molecule has 3 aromatic rings. The molecule has 7 heteroatoms. The van der Waals surface area contributed by atoms with Crippen LogP contribution >= 0.6 is 35.3 Å². The predicted molar refractivity (Wildman–Crippen MR) is 108 cm³/mol. The van der Waals surface area contributed by atoms with Crippen molar-refractivity contribution in [2.45, 2.75) is 10.00 Å². The summed E-state index contributed by atoms with van der Waals surface area (Å²) in [5, 5.41) is 1.95. The molecule has 0 amide bonds. The Morgan fingerprint density at radius 3 is 1.88 bits per heavy atom. The molecule has 26 heavy (non-hydrogen) atoms. The van der Waals surface area contributed by atoms with Crippen molar-refractivity contribution in [3.63, 3.8) is 0 Å². The molecule has 1 saturated heterocycles. The zero-order valence-electron chi connectivity index (χ0n) is 13.7. The number of hydrogen-bond donors (Lipinski definition) is 1. The average molecular weight is 407 g/mol. The first-order chi connectivity index (χ1) is 12.7. The predicted octanol–water partition coefficient (Wildman–Crippen LogP) is 5.48. The van der Waals surface area contributed by atoms with Crippen molar-refractivity contribution in [2.75, 3.05) is 10.2 Å². The summed E-state index contributed by atoms with van der Waals surface area (Å²) in [7, 11) is 0. The van der Waals surface area contributed by atoms with Crippen LogP contribution in [0.15, 0.2) is 60.9 Å². The summed E-state index contributed by atoms with van der Waals surface area (Å²) in [6, 6.07) is 13.1. The zero-order valence-corrected chi connectivity index (χ0v) is 16.1. The Morgan fingerprint density at radius 2 is 1.42 bits per heavy atom. The van der Waals surface area contributed by atoms with Crippen LogP contribution in [0.4, 0.5) is 8.78 Å². The lowest BCUT2D eigenvalue weighted by Crippen LogP contribution is -2.40. The third kappa shape index (κ3) is 3.17. The number of hydrogen-bond acceptors (Lipinski definition) is 4. The third-order valence-corrected chi connectivity index (χ3v) is 8.98. The van der Waals surface area contributed by atoms with Crippen molar-refractivity contribution in [1.29, 1.82) is 0 Å². The molecule has 1 aromatic heterocycles. The number of thioether (sulfide) groups is 3. The number of aromatic amines is 1. The number of rotatable bonds is 4. The van der Waals surface area contributed by atoms with E-state index in [4.69, 9.17) is 0 Å². The van der Waals surface area contributed by atoms with Gasteiger partial charge in [-0.25, -0.2) is 13.8 Å². The molecule has 4 rings (SSSR count). The molecule has 1 N–H and O–H groups in total. The van der Waals surface area contributed by atoms with Gasteiger partial charge in [-0.15, -0.1) is 35.3 Å². The van der Waals surface area contributed by atoms with Gasteiger partial charge in [-0.3, -0.25) is 0 Å². The van der Waals surface area contributed by atoms with E-state index in [0.29, 0.717) is 0 Å². The molecular formula is C19H16F2N2S3. The Morgan fingerprint density at radius 1 is 0.885 bits per heavy atom. The molecule has 2 aromatic carbocycles. The van der Waals surface area contributed by atoms with Gasteiger partial charge in [-0.1, -0.05) is 24.3 Å². The monoisotopic (exact) mass is 406 g/mol. The first-order valence-corrected chi connectivity index (χ1v) is 11.3. The largest absolute Gasteiger partial charge is 0.347 e. The number of imidazole rings is 1. The van der Waals surface area contributed by atoms with Gasteiger partial charge in [0.2, 0.25) is 0 Å². The minimum absolute atomic E-state index is 0.130. The van der Waals surface area contributed by atoms with Crippen LogP contribution < -0.4 is 0 Å². The van der Waals surface area contributed by atoms with Crippen LogP contribution in [0.3, 0.4) is 0 Å². The van der Waals surface area contributed by atoms with Crippen molar-refractivity contribution in [3.05, 3.63) is 89.5 Å². The highest BCUT2D eigenvalue weighted by Crippen LogP contribution is 2.53. The van der Waals surface area contributed by atoms with E-state index in [1.165, 1.54) is 24.3 Å². The van der Waals surface area contributed by atoms with Crippen molar-refractivity contribution in [2.24, 2.45) is 0 Å². The fourth-order valence-electron chi connectivity index (χ4n) is 3.28. The van der Waals surface area contributed by atoms with Crippen LogP contribution in [0, 0.1) is 11.6 Å².